The van der Waals surface area contributed by atoms with Gasteiger partial charge in [-0.2, -0.15) is 0 Å². The van der Waals surface area contributed by atoms with Gasteiger partial charge in [0.1, 0.15) is 0 Å². The molecule has 0 radical (unpaired) electrons. The van der Waals surface area contributed by atoms with E-state index in [-0.39, 0.29) is 6.04 Å². The minimum absolute atomic E-state index is 0.243. The van der Waals surface area contributed by atoms with E-state index in [9.17, 15) is 0 Å². The highest BCUT2D eigenvalue weighted by molar-refractivity contribution is 7.99. The van der Waals surface area contributed by atoms with E-state index >= 15 is 0 Å². The van der Waals surface area contributed by atoms with Crippen molar-refractivity contribution in [2.75, 3.05) is 6.54 Å². The summed E-state index contributed by atoms with van der Waals surface area (Å²) in [6.45, 7) is 7.02. The van der Waals surface area contributed by atoms with Crippen molar-refractivity contribution in [2.24, 2.45) is 0 Å². The summed E-state index contributed by atoms with van der Waals surface area (Å²) in [5, 5.41) is 12.5. The summed E-state index contributed by atoms with van der Waals surface area (Å²) < 4.78 is 5.34. The molecule has 108 valence electrons. The van der Waals surface area contributed by atoms with Crippen molar-refractivity contribution in [3.05, 3.63) is 34.7 Å². The van der Waals surface area contributed by atoms with Crippen LogP contribution in [0, 0.1) is 6.92 Å². The van der Waals surface area contributed by atoms with Crippen LogP contribution in [0.25, 0.3) is 0 Å². The summed E-state index contributed by atoms with van der Waals surface area (Å²) in [6, 6.07) is 6.24. The van der Waals surface area contributed by atoms with Gasteiger partial charge in [-0.05, 0) is 49.3 Å². The summed E-state index contributed by atoms with van der Waals surface area (Å²) in [4.78, 5) is 0.991. The van der Waals surface area contributed by atoms with Crippen LogP contribution in [0.5, 0.6) is 0 Å². The molecule has 1 aromatic heterocycles. The van der Waals surface area contributed by atoms with Crippen LogP contribution in [0.1, 0.15) is 37.8 Å². The average molecular weight is 312 g/mol. The first-order valence-corrected chi connectivity index (χ1v) is 7.80. The van der Waals surface area contributed by atoms with Crippen molar-refractivity contribution in [2.45, 2.75) is 43.4 Å². The Morgan fingerprint density at radius 3 is 2.80 bits per heavy atom. The molecular weight excluding hydrogens is 294 g/mol. The van der Waals surface area contributed by atoms with Crippen molar-refractivity contribution in [1.82, 2.24) is 15.5 Å². The van der Waals surface area contributed by atoms with E-state index in [0.717, 1.165) is 28.4 Å². The van der Waals surface area contributed by atoms with E-state index in [1.807, 2.05) is 18.2 Å². The lowest BCUT2D eigenvalue weighted by Gasteiger charge is -2.15. The molecule has 0 aliphatic heterocycles. The van der Waals surface area contributed by atoms with Crippen molar-refractivity contribution >= 4 is 23.4 Å². The van der Waals surface area contributed by atoms with Gasteiger partial charge in [-0.25, -0.2) is 0 Å². The fourth-order valence-electron chi connectivity index (χ4n) is 1.81. The topological polar surface area (TPSA) is 51.0 Å². The molecule has 1 heterocycles. The van der Waals surface area contributed by atoms with Gasteiger partial charge < -0.3 is 9.73 Å². The lowest BCUT2D eigenvalue weighted by atomic mass is 10.1. The summed E-state index contributed by atoms with van der Waals surface area (Å²) in [7, 11) is 0. The number of benzene rings is 1. The van der Waals surface area contributed by atoms with E-state index in [1.54, 1.807) is 6.92 Å². The van der Waals surface area contributed by atoms with Crippen LogP contribution >= 0.6 is 23.4 Å². The van der Waals surface area contributed by atoms with Crippen LogP contribution in [0.15, 0.2) is 32.7 Å². The van der Waals surface area contributed by atoms with E-state index in [4.69, 9.17) is 16.0 Å². The second-order valence-corrected chi connectivity index (χ2v) is 5.98. The Morgan fingerprint density at radius 2 is 2.20 bits per heavy atom. The van der Waals surface area contributed by atoms with Crippen LogP contribution in [-0.4, -0.2) is 16.7 Å². The molecule has 2 aromatic rings. The Labute approximate surface area is 128 Å². The van der Waals surface area contributed by atoms with E-state index < -0.39 is 0 Å². The number of nitrogens with zero attached hydrogens (tertiary/aromatic N) is 2. The highest BCUT2D eigenvalue weighted by Gasteiger charge is 2.11. The predicted octanol–water partition coefficient (Wildman–Crippen LogP) is 4.24. The van der Waals surface area contributed by atoms with Gasteiger partial charge in [-0.3, -0.25) is 0 Å². The molecule has 1 aromatic carbocycles. The SMILES string of the molecule is CCCNC(C)c1ccc(Sc2nnc(C)o2)cc1Cl. The van der Waals surface area contributed by atoms with E-state index in [0.29, 0.717) is 11.1 Å². The molecule has 6 heteroatoms. The Bertz CT molecular complexity index is 573. The summed E-state index contributed by atoms with van der Waals surface area (Å²) >= 11 is 7.77. The first-order valence-electron chi connectivity index (χ1n) is 6.61. The zero-order chi connectivity index (χ0) is 14.5. The average Bonchev–Trinajstić information content (AvgIpc) is 2.81. The highest BCUT2D eigenvalue weighted by atomic mass is 35.5. The van der Waals surface area contributed by atoms with Gasteiger partial charge in [0.05, 0.1) is 0 Å². The summed E-state index contributed by atoms with van der Waals surface area (Å²) in [6.07, 6.45) is 1.10. The van der Waals surface area contributed by atoms with Gasteiger partial charge in [0.15, 0.2) is 0 Å². The largest absolute Gasteiger partial charge is 0.416 e. The fourth-order valence-corrected chi connectivity index (χ4v) is 2.98. The fraction of sp³-hybridized carbons (Fsp3) is 0.429. The number of hydrogen-bond acceptors (Lipinski definition) is 5. The monoisotopic (exact) mass is 311 g/mol. The lowest BCUT2D eigenvalue weighted by Crippen LogP contribution is -2.19. The van der Waals surface area contributed by atoms with E-state index in [1.165, 1.54) is 11.8 Å². The minimum Gasteiger partial charge on any atom is -0.416 e. The minimum atomic E-state index is 0.243. The number of aryl methyl sites for hydroxylation is 1. The third-order valence-corrected chi connectivity index (χ3v) is 4.01. The van der Waals surface area contributed by atoms with Gasteiger partial charge in [-0.1, -0.05) is 24.6 Å². The second-order valence-electron chi connectivity index (χ2n) is 4.55. The van der Waals surface area contributed by atoms with E-state index in [2.05, 4.69) is 29.4 Å². The number of nitrogens with one attached hydrogen (secondary N) is 1. The molecule has 0 amide bonds. The molecule has 0 saturated heterocycles. The van der Waals surface area contributed by atoms with Crippen molar-refractivity contribution in [3.8, 4) is 0 Å². The number of halogens is 1. The Kier molecular flexibility index (Phi) is 5.46. The van der Waals surface area contributed by atoms with Crippen LogP contribution < -0.4 is 5.32 Å². The maximum absolute atomic E-state index is 6.35. The molecular formula is C14H18ClN3OS. The first kappa shape index (κ1) is 15.4. The van der Waals surface area contributed by atoms with Crippen LogP contribution in [0.3, 0.4) is 0 Å². The molecule has 0 aliphatic rings. The predicted molar refractivity (Wildman–Crippen MR) is 81.3 cm³/mol. The van der Waals surface area contributed by atoms with Crippen LogP contribution in [0.2, 0.25) is 5.02 Å². The smallest absolute Gasteiger partial charge is 0.281 e. The standard InChI is InChI=1S/C14H18ClN3OS/c1-4-7-16-9(2)12-6-5-11(8-13(12)15)20-14-18-17-10(3)19-14/h5-6,8-9,16H,4,7H2,1-3H3. The van der Waals surface area contributed by atoms with Gasteiger partial charge in [0.2, 0.25) is 5.89 Å². The molecule has 1 atom stereocenters. The molecule has 2 rings (SSSR count). The number of hydrogen-bond donors (Lipinski definition) is 1. The zero-order valence-corrected chi connectivity index (χ0v) is 13.4. The van der Waals surface area contributed by atoms with Gasteiger partial charge >= 0.3 is 0 Å². The molecule has 0 aliphatic carbocycles. The Balaban J connectivity index is 2.09. The third-order valence-electron chi connectivity index (χ3n) is 2.85. The molecule has 0 spiro atoms. The van der Waals surface area contributed by atoms with Crippen molar-refractivity contribution in [3.63, 3.8) is 0 Å². The maximum atomic E-state index is 6.35. The third kappa shape index (κ3) is 3.98. The highest BCUT2D eigenvalue weighted by Crippen LogP contribution is 2.32. The molecule has 1 unspecified atom stereocenters. The van der Waals surface area contributed by atoms with Crippen molar-refractivity contribution in [1.29, 1.82) is 0 Å². The van der Waals surface area contributed by atoms with Crippen LogP contribution in [0.4, 0.5) is 0 Å². The maximum Gasteiger partial charge on any atom is 0.281 e. The van der Waals surface area contributed by atoms with Gasteiger partial charge in [0.25, 0.3) is 5.22 Å². The van der Waals surface area contributed by atoms with Crippen LogP contribution in [-0.2, 0) is 0 Å². The van der Waals surface area contributed by atoms with Crippen molar-refractivity contribution < 1.29 is 4.42 Å². The number of aromatic nitrogens is 2. The summed E-state index contributed by atoms with van der Waals surface area (Å²) in [5.41, 5.74) is 1.10. The Morgan fingerprint density at radius 1 is 1.40 bits per heavy atom. The molecule has 0 fully saturated rings. The Hall–Kier alpha value is -1.04. The normalized spacial score (nSPS) is 12.6. The number of rotatable bonds is 6. The first-order chi connectivity index (χ1) is 9.60. The molecule has 0 bridgehead atoms. The van der Waals surface area contributed by atoms with Gasteiger partial charge in [0, 0.05) is 22.9 Å². The quantitative estimate of drug-likeness (QED) is 0.864. The molecule has 4 nitrogen and oxygen atoms in total. The second kappa shape index (κ2) is 7.11. The molecule has 20 heavy (non-hydrogen) atoms. The van der Waals surface area contributed by atoms with Gasteiger partial charge in [-0.15, -0.1) is 10.2 Å². The lowest BCUT2D eigenvalue weighted by molar-refractivity contribution is 0.429. The molecule has 0 saturated carbocycles. The zero-order valence-electron chi connectivity index (χ0n) is 11.8. The summed E-state index contributed by atoms with van der Waals surface area (Å²) in [5.74, 6) is 0.563. The molecule has 1 N–H and O–H groups in total.